The Balaban J connectivity index is 1.33. The van der Waals surface area contributed by atoms with Crippen LogP contribution in [0.4, 0.5) is 0 Å². The fourth-order valence-electron chi connectivity index (χ4n) is 5.60. The maximum Gasteiger partial charge on any atom is 0.267 e. The van der Waals surface area contributed by atoms with Crippen molar-refractivity contribution < 1.29 is 33.2 Å². The van der Waals surface area contributed by atoms with Gasteiger partial charge < -0.3 is 33.3 Å². The topological polar surface area (TPSA) is 75.7 Å². The Labute approximate surface area is 217 Å². The van der Waals surface area contributed by atoms with Crippen LogP contribution in [0.25, 0.3) is 6.08 Å². The number of rotatable bonds is 6. The minimum atomic E-state index is -0.825. The molecule has 0 unspecified atom stereocenters. The van der Waals surface area contributed by atoms with E-state index in [1.807, 2.05) is 105 Å². The maximum atomic E-state index is 13.8. The number of para-hydroxylation sites is 1. The van der Waals surface area contributed by atoms with Crippen LogP contribution >= 0.6 is 0 Å². The van der Waals surface area contributed by atoms with E-state index in [0.717, 1.165) is 5.56 Å². The second-order valence-electron chi connectivity index (χ2n) is 10.8. The summed E-state index contributed by atoms with van der Waals surface area (Å²) in [6, 6.07) is 18.6. The van der Waals surface area contributed by atoms with Crippen LogP contribution in [0.2, 0.25) is 0 Å². The highest BCUT2D eigenvalue weighted by Gasteiger charge is 2.65. The standard InChI is InChI=1S/C29H33NO7/c1-28(2)32-17-21(35-28)24-22(25-27(34-24)37-29(3,4)36-25)30-20(16-15-18-11-7-5-8-12-18)23(26(30)31)33-19-13-9-6-10-14-19/h5-16,20-25,27H,17H2,1-4H3/b16-15-/t20-,21-,22-,23-,24+,25-,27-/m1/s1. The van der Waals surface area contributed by atoms with Gasteiger partial charge in [0.15, 0.2) is 17.9 Å². The van der Waals surface area contributed by atoms with Gasteiger partial charge >= 0.3 is 0 Å². The first-order chi connectivity index (χ1) is 17.7. The molecule has 1 amide bonds. The molecule has 8 heteroatoms. The van der Waals surface area contributed by atoms with Gasteiger partial charge in [-0.2, -0.15) is 0 Å². The van der Waals surface area contributed by atoms with E-state index < -0.39 is 42.2 Å². The summed E-state index contributed by atoms with van der Waals surface area (Å²) in [5, 5.41) is 0. The van der Waals surface area contributed by atoms with Crippen LogP contribution in [-0.4, -0.2) is 71.8 Å². The predicted molar refractivity (Wildman–Crippen MR) is 134 cm³/mol. The molecular formula is C29H33NO7. The first kappa shape index (κ1) is 24.6. The van der Waals surface area contributed by atoms with E-state index >= 15 is 0 Å². The molecule has 8 nitrogen and oxygen atoms in total. The Kier molecular flexibility index (Phi) is 6.12. The zero-order valence-corrected chi connectivity index (χ0v) is 21.5. The van der Waals surface area contributed by atoms with Crippen LogP contribution in [-0.2, 0) is 28.5 Å². The molecule has 4 heterocycles. The van der Waals surface area contributed by atoms with Crippen molar-refractivity contribution >= 4 is 12.0 Å². The Morgan fingerprint density at radius 1 is 0.892 bits per heavy atom. The molecule has 0 aliphatic carbocycles. The number of amides is 1. The van der Waals surface area contributed by atoms with Gasteiger partial charge in [0.25, 0.3) is 5.91 Å². The number of hydrogen-bond acceptors (Lipinski definition) is 7. The van der Waals surface area contributed by atoms with Gasteiger partial charge in [0.05, 0.1) is 18.7 Å². The van der Waals surface area contributed by atoms with Gasteiger partial charge in [-0.15, -0.1) is 0 Å². The van der Waals surface area contributed by atoms with Crippen LogP contribution in [0.1, 0.15) is 33.3 Å². The zero-order valence-electron chi connectivity index (χ0n) is 21.5. The predicted octanol–water partition coefficient (Wildman–Crippen LogP) is 3.75. The lowest BCUT2D eigenvalue weighted by molar-refractivity contribution is -0.232. The minimum Gasteiger partial charge on any atom is -0.478 e. The van der Waals surface area contributed by atoms with Crippen molar-refractivity contribution in [1.82, 2.24) is 4.90 Å². The van der Waals surface area contributed by atoms with Gasteiger partial charge in [-0.25, -0.2) is 0 Å². The number of benzene rings is 2. The third-order valence-electron chi connectivity index (χ3n) is 7.19. The van der Waals surface area contributed by atoms with Crippen molar-refractivity contribution in [1.29, 1.82) is 0 Å². The lowest BCUT2D eigenvalue weighted by Gasteiger charge is -2.50. The summed E-state index contributed by atoms with van der Waals surface area (Å²) in [6.07, 6.45) is 1.42. The Morgan fingerprint density at radius 3 is 2.27 bits per heavy atom. The Hall–Kier alpha value is -2.75. The highest BCUT2D eigenvalue weighted by Crippen LogP contribution is 2.45. The summed E-state index contributed by atoms with van der Waals surface area (Å²) < 4.78 is 36.9. The third kappa shape index (κ3) is 4.69. The molecule has 2 aromatic carbocycles. The maximum absolute atomic E-state index is 13.8. The summed E-state index contributed by atoms with van der Waals surface area (Å²) >= 11 is 0. The van der Waals surface area contributed by atoms with Crippen molar-refractivity contribution in [3.8, 4) is 5.75 Å². The van der Waals surface area contributed by atoms with E-state index in [1.54, 1.807) is 0 Å². The molecule has 4 saturated heterocycles. The van der Waals surface area contributed by atoms with Crippen molar-refractivity contribution in [3.05, 3.63) is 72.3 Å². The van der Waals surface area contributed by atoms with Crippen LogP contribution in [0.5, 0.6) is 5.75 Å². The van der Waals surface area contributed by atoms with E-state index in [0.29, 0.717) is 12.4 Å². The van der Waals surface area contributed by atoms with Crippen LogP contribution in [0.3, 0.4) is 0 Å². The van der Waals surface area contributed by atoms with Gasteiger partial charge in [0.1, 0.15) is 24.1 Å². The highest BCUT2D eigenvalue weighted by molar-refractivity contribution is 5.90. The summed E-state index contributed by atoms with van der Waals surface area (Å²) in [6.45, 7) is 7.80. The fourth-order valence-corrected chi connectivity index (χ4v) is 5.60. The number of ether oxygens (including phenoxy) is 6. The zero-order chi connectivity index (χ0) is 25.8. The van der Waals surface area contributed by atoms with Crippen LogP contribution in [0, 0.1) is 0 Å². The van der Waals surface area contributed by atoms with Crippen molar-refractivity contribution in [2.75, 3.05) is 6.61 Å². The Morgan fingerprint density at radius 2 is 1.59 bits per heavy atom. The molecule has 0 saturated carbocycles. The first-order valence-electron chi connectivity index (χ1n) is 12.8. The summed E-state index contributed by atoms with van der Waals surface area (Å²) in [4.78, 5) is 15.6. The van der Waals surface area contributed by atoms with E-state index in [1.165, 1.54) is 0 Å². The van der Waals surface area contributed by atoms with E-state index in [9.17, 15) is 4.79 Å². The number of likely N-dealkylation sites (tertiary alicyclic amines) is 1. The molecule has 0 radical (unpaired) electrons. The number of hydrogen-bond donors (Lipinski definition) is 0. The summed E-state index contributed by atoms with van der Waals surface area (Å²) in [7, 11) is 0. The molecule has 0 bridgehead atoms. The van der Waals surface area contributed by atoms with Gasteiger partial charge in [-0.3, -0.25) is 4.79 Å². The molecule has 7 atom stereocenters. The highest BCUT2D eigenvalue weighted by atomic mass is 16.8. The smallest absolute Gasteiger partial charge is 0.267 e. The van der Waals surface area contributed by atoms with Crippen molar-refractivity contribution in [2.24, 2.45) is 0 Å². The number of carbonyl (C=O) groups excluding carboxylic acids is 1. The normalized spacial score (nSPS) is 36.1. The quantitative estimate of drug-likeness (QED) is 0.551. The molecule has 0 N–H and O–H groups in total. The molecule has 37 heavy (non-hydrogen) atoms. The number of β-lactam (4-membered cyclic amide) rings is 1. The molecule has 196 valence electrons. The average Bonchev–Trinajstić information content (AvgIpc) is 3.50. The number of nitrogens with zero attached hydrogens (tertiary/aromatic N) is 1. The van der Waals surface area contributed by atoms with Gasteiger partial charge in [-0.1, -0.05) is 60.7 Å². The average molecular weight is 508 g/mol. The SMILES string of the molecule is CC1(C)O[C@H]2O[C@@H]([C@H]3COC(C)(C)O3)[C@@H](N3C(=O)[C@H](Oc4ccccc4)[C@H]3/C=C\c3ccccc3)[C@H]2O1. The van der Waals surface area contributed by atoms with Crippen LogP contribution < -0.4 is 4.74 Å². The number of fused-ring (bicyclic) bond motifs is 1. The summed E-state index contributed by atoms with van der Waals surface area (Å²) in [5.41, 5.74) is 1.04. The molecular weight excluding hydrogens is 474 g/mol. The van der Waals surface area contributed by atoms with Crippen molar-refractivity contribution in [2.45, 2.75) is 82.1 Å². The monoisotopic (exact) mass is 507 g/mol. The molecule has 4 aliphatic rings. The van der Waals surface area contributed by atoms with Crippen LogP contribution in [0.15, 0.2) is 66.7 Å². The second kappa shape index (κ2) is 9.22. The first-order valence-corrected chi connectivity index (χ1v) is 12.8. The molecule has 0 spiro atoms. The Bertz CT molecular complexity index is 1150. The molecule has 6 rings (SSSR count). The van der Waals surface area contributed by atoms with E-state index in [-0.39, 0.29) is 18.1 Å². The van der Waals surface area contributed by atoms with Gasteiger partial charge in [0.2, 0.25) is 6.10 Å². The molecule has 4 fully saturated rings. The minimum absolute atomic E-state index is 0.128. The fraction of sp³-hybridized carbons (Fsp3) is 0.483. The lowest BCUT2D eigenvalue weighted by Crippen LogP contribution is -2.72. The summed E-state index contributed by atoms with van der Waals surface area (Å²) in [5.74, 6) is -1.04. The second-order valence-corrected chi connectivity index (χ2v) is 10.8. The molecule has 4 aliphatic heterocycles. The molecule has 2 aromatic rings. The van der Waals surface area contributed by atoms with Crippen molar-refractivity contribution in [3.63, 3.8) is 0 Å². The largest absolute Gasteiger partial charge is 0.478 e. The van der Waals surface area contributed by atoms with E-state index in [2.05, 4.69) is 0 Å². The molecule has 0 aromatic heterocycles. The lowest BCUT2D eigenvalue weighted by atomic mass is 9.89. The van der Waals surface area contributed by atoms with E-state index in [4.69, 9.17) is 28.4 Å². The third-order valence-corrected chi connectivity index (χ3v) is 7.19. The number of carbonyl (C=O) groups is 1. The van der Waals surface area contributed by atoms with Gasteiger partial charge in [-0.05, 0) is 45.4 Å². The van der Waals surface area contributed by atoms with Gasteiger partial charge in [0, 0.05) is 0 Å².